The van der Waals surface area contributed by atoms with Gasteiger partial charge in [0.25, 0.3) is 5.91 Å². The van der Waals surface area contributed by atoms with Gasteiger partial charge in [0.2, 0.25) is 5.91 Å². The second-order valence-electron chi connectivity index (χ2n) is 8.97. The number of rotatable bonds is 4. The third-order valence-electron chi connectivity index (χ3n) is 7.23. The first kappa shape index (κ1) is 18.3. The van der Waals surface area contributed by atoms with E-state index in [4.69, 9.17) is 0 Å². The lowest BCUT2D eigenvalue weighted by molar-refractivity contribution is -0.182. The number of β-amino-alcohol motifs (C(OH)–C–C–N with tert-alkyl or cyclic N) is 1. The molecule has 1 aliphatic carbocycles. The standard InChI is InChI=1S/C22H29N3O3/c1-2-3-8-24-20(27)19-11-18(26)12-25(19)22(21(24)28)13-23(14-22)17-9-15-6-4-5-7-16(15)10-17/h4-7,17-19,26H,2-3,8-14H2,1H3/t18-,19+/m1/s1. The highest BCUT2D eigenvalue weighted by atomic mass is 16.3. The molecule has 1 spiro atoms. The van der Waals surface area contributed by atoms with Crippen molar-refractivity contribution in [3.05, 3.63) is 35.4 Å². The number of hydrogen-bond acceptors (Lipinski definition) is 5. The minimum absolute atomic E-state index is 0.0388. The maximum Gasteiger partial charge on any atom is 0.252 e. The molecule has 5 rings (SSSR count). The zero-order valence-electron chi connectivity index (χ0n) is 16.5. The molecule has 0 radical (unpaired) electrons. The fraction of sp³-hybridized carbons (Fsp3) is 0.636. The molecular formula is C22H29N3O3. The number of benzene rings is 1. The van der Waals surface area contributed by atoms with Crippen molar-refractivity contribution in [1.29, 1.82) is 0 Å². The molecule has 3 heterocycles. The molecule has 1 N–H and O–H groups in total. The van der Waals surface area contributed by atoms with Gasteiger partial charge in [-0.15, -0.1) is 0 Å². The van der Waals surface area contributed by atoms with Gasteiger partial charge in [0.05, 0.1) is 12.1 Å². The largest absolute Gasteiger partial charge is 0.392 e. The predicted molar refractivity (Wildman–Crippen MR) is 105 cm³/mol. The highest BCUT2D eigenvalue weighted by molar-refractivity contribution is 6.06. The monoisotopic (exact) mass is 383 g/mol. The number of carbonyl (C=O) groups excluding carboxylic acids is 2. The summed E-state index contributed by atoms with van der Waals surface area (Å²) in [5.74, 6) is -0.143. The number of imide groups is 1. The van der Waals surface area contributed by atoms with Crippen LogP contribution in [0.1, 0.15) is 37.3 Å². The molecule has 0 saturated carbocycles. The zero-order chi connectivity index (χ0) is 19.5. The van der Waals surface area contributed by atoms with E-state index in [1.54, 1.807) is 0 Å². The third-order valence-corrected chi connectivity index (χ3v) is 7.23. The molecule has 28 heavy (non-hydrogen) atoms. The van der Waals surface area contributed by atoms with Crippen LogP contribution >= 0.6 is 0 Å². The summed E-state index contributed by atoms with van der Waals surface area (Å²) in [5.41, 5.74) is 2.20. The quantitative estimate of drug-likeness (QED) is 0.780. The van der Waals surface area contributed by atoms with Crippen LogP contribution in [0.15, 0.2) is 24.3 Å². The van der Waals surface area contributed by atoms with E-state index in [0.29, 0.717) is 38.6 Å². The van der Waals surface area contributed by atoms with E-state index in [9.17, 15) is 14.7 Å². The van der Waals surface area contributed by atoms with E-state index < -0.39 is 11.6 Å². The van der Waals surface area contributed by atoms with E-state index in [1.165, 1.54) is 16.0 Å². The Kier molecular flexibility index (Phi) is 4.34. The number of carbonyl (C=O) groups is 2. The van der Waals surface area contributed by atoms with Crippen LogP contribution in [0.2, 0.25) is 0 Å². The van der Waals surface area contributed by atoms with Gasteiger partial charge in [-0.1, -0.05) is 37.6 Å². The fourth-order valence-corrected chi connectivity index (χ4v) is 5.70. The Morgan fingerprint density at radius 3 is 2.46 bits per heavy atom. The van der Waals surface area contributed by atoms with Crippen LogP contribution in [-0.2, 0) is 22.4 Å². The van der Waals surface area contributed by atoms with Crippen LogP contribution in [0.25, 0.3) is 0 Å². The maximum absolute atomic E-state index is 13.4. The molecule has 6 nitrogen and oxygen atoms in total. The summed E-state index contributed by atoms with van der Waals surface area (Å²) in [6, 6.07) is 8.69. The van der Waals surface area contributed by atoms with Gasteiger partial charge in [0.15, 0.2) is 0 Å². The lowest BCUT2D eigenvalue weighted by Crippen LogP contribution is -2.82. The van der Waals surface area contributed by atoms with E-state index in [1.807, 2.05) is 4.90 Å². The van der Waals surface area contributed by atoms with Gasteiger partial charge in [-0.05, 0) is 36.8 Å². The van der Waals surface area contributed by atoms with Gasteiger partial charge in [-0.3, -0.25) is 24.3 Å². The molecule has 1 aromatic rings. The van der Waals surface area contributed by atoms with Crippen LogP contribution in [0, 0.1) is 0 Å². The van der Waals surface area contributed by atoms with Crippen LogP contribution in [0.5, 0.6) is 0 Å². The normalized spacial score (nSPS) is 30.0. The summed E-state index contributed by atoms with van der Waals surface area (Å²) in [4.78, 5) is 32.3. The smallest absolute Gasteiger partial charge is 0.252 e. The first-order chi connectivity index (χ1) is 13.5. The van der Waals surface area contributed by atoms with E-state index in [2.05, 4.69) is 36.1 Å². The summed E-state index contributed by atoms with van der Waals surface area (Å²) < 4.78 is 0. The Labute approximate surface area is 166 Å². The minimum atomic E-state index is -0.626. The summed E-state index contributed by atoms with van der Waals surface area (Å²) in [6.45, 7) is 4.35. The summed E-state index contributed by atoms with van der Waals surface area (Å²) in [5, 5.41) is 10.2. The highest BCUT2D eigenvalue weighted by Gasteiger charge is 2.64. The molecule has 2 amide bonds. The number of fused-ring (bicyclic) bond motifs is 3. The Balaban J connectivity index is 1.36. The summed E-state index contributed by atoms with van der Waals surface area (Å²) in [7, 11) is 0. The van der Waals surface area contributed by atoms with Crippen molar-refractivity contribution in [2.75, 3.05) is 26.2 Å². The molecule has 0 aromatic heterocycles. The van der Waals surface area contributed by atoms with Crippen LogP contribution < -0.4 is 0 Å². The predicted octanol–water partition coefficient (Wildman–Crippen LogP) is 0.812. The average molecular weight is 383 g/mol. The van der Waals surface area contributed by atoms with Gasteiger partial charge in [-0.25, -0.2) is 0 Å². The second kappa shape index (κ2) is 6.65. The SMILES string of the molecule is CCCCN1C(=O)[C@@H]2C[C@@H](O)CN2C2(CN(C3Cc4ccccc4C3)C2)C1=O. The van der Waals surface area contributed by atoms with Crippen LogP contribution in [-0.4, -0.2) is 81.5 Å². The Hall–Kier alpha value is -1.76. The van der Waals surface area contributed by atoms with Gasteiger partial charge in [-0.2, -0.15) is 0 Å². The molecule has 4 aliphatic rings. The molecule has 3 saturated heterocycles. The minimum Gasteiger partial charge on any atom is -0.392 e. The van der Waals surface area contributed by atoms with Gasteiger partial charge in [0, 0.05) is 32.2 Å². The van der Waals surface area contributed by atoms with Gasteiger partial charge in [0.1, 0.15) is 5.54 Å². The van der Waals surface area contributed by atoms with Crippen LogP contribution in [0.3, 0.4) is 0 Å². The molecular weight excluding hydrogens is 354 g/mol. The van der Waals surface area contributed by atoms with Crippen molar-refractivity contribution >= 4 is 11.8 Å². The van der Waals surface area contributed by atoms with E-state index in [0.717, 1.165) is 25.7 Å². The second-order valence-corrected chi connectivity index (χ2v) is 8.97. The van der Waals surface area contributed by atoms with Gasteiger partial charge < -0.3 is 5.11 Å². The van der Waals surface area contributed by atoms with Gasteiger partial charge >= 0.3 is 0 Å². The average Bonchev–Trinajstić information content (AvgIpc) is 3.24. The molecule has 6 heteroatoms. The molecule has 2 atom stereocenters. The molecule has 0 unspecified atom stereocenters. The Morgan fingerprint density at radius 2 is 1.82 bits per heavy atom. The first-order valence-electron chi connectivity index (χ1n) is 10.6. The Bertz CT molecular complexity index is 779. The lowest BCUT2D eigenvalue weighted by Gasteiger charge is -2.60. The number of amides is 2. The van der Waals surface area contributed by atoms with E-state index in [-0.39, 0.29) is 17.9 Å². The van der Waals surface area contributed by atoms with Crippen molar-refractivity contribution in [1.82, 2.24) is 14.7 Å². The number of aliphatic hydroxyl groups excluding tert-OH is 1. The summed E-state index contributed by atoms with van der Waals surface area (Å²) in [6.07, 6.45) is 3.79. The van der Waals surface area contributed by atoms with Crippen LogP contribution in [0.4, 0.5) is 0 Å². The molecule has 0 bridgehead atoms. The maximum atomic E-state index is 13.4. The fourth-order valence-electron chi connectivity index (χ4n) is 5.70. The number of aliphatic hydroxyl groups is 1. The van der Waals surface area contributed by atoms with E-state index >= 15 is 0 Å². The molecule has 3 fully saturated rings. The third kappa shape index (κ3) is 2.58. The summed E-state index contributed by atoms with van der Waals surface area (Å²) >= 11 is 0. The topological polar surface area (TPSA) is 64.1 Å². The van der Waals surface area contributed by atoms with Crippen molar-refractivity contribution in [3.63, 3.8) is 0 Å². The Morgan fingerprint density at radius 1 is 1.14 bits per heavy atom. The number of likely N-dealkylation sites (tertiary alicyclic amines) is 1. The highest BCUT2D eigenvalue weighted by Crippen LogP contribution is 2.42. The molecule has 150 valence electrons. The van der Waals surface area contributed by atoms with Crippen molar-refractivity contribution in [2.24, 2.45) is 0 Å². The number of unbranched alkanes of at least 4 members (excludes halogenated alkanes) is 1. The zero-order valence-corrected chi connectivity index (χ0v) is 16.5. The molecule has 3 aliphatic heterocycles. The number of nitrogens with zero attached hydrogens (tertiary/aromatic N) is 3. The first-order valence-corrected chi connectivity index (χ1v) is 10.6. The van der Waals surface area contributed by atoms with Crippen molar-refractivity contribution in [3.8, 4) is 0 Å². The van der Waals surface area contributed by atoms with Crippen molar-refractivity contribution in [2.45, 2.75) is 62.8 Å². The molecule has 1 aromatic carbocycles. The van der Waals surface area contributed by atoms with Crippen molar-refractivity contribution < 1.29 is 14.7 Å². The number of piperazine rings is 1. The number of hydrogen-bond donors (Lipinski definition) is 1. The lowest BCUT2D eigenvalue weighted by atomic mass is 9.81.